The molecule has 1 aromatic rings. The third kappa shape index (κ3) is 2.63. The summed E-state index contributed by atoms with van der Waals surface area (Å²) < 4.78 is 5.38. The summed E-state index contributed by atoms with van der Waals surface area (Å²) in [6.07, 6.45) is 2.21. The fraction of sp³-hybridized carbons (Fsp3) is 0.571. The van der Waals surface area contributed by atoms with Crippen molar-refractivity contribution in [1.29, 1.82) is 0 Å². The van der Waals surface area contributed by atoms with Crippen molar-refractivity contribution in [2.45, 2.75) is 32.7 Å². The Balaban J connectivity index is 2.02. The Hall–Kier alpha value is -0.860. The molecule has 88 valence electrons. The van der Waals surface area contributed by atoms with Crippen LogP contribution >= 0.6 is 0 Å². The molecular formula is C14H21NO. The maximum Gasteiger partial charge on any atom is 0.0495 e. The van der Waals surface area contributed by atoms with Gasteiger partial charge in [0.15, 0.2) is 0 Å². The highest BCUT2D eigenvalue weighted by molar-refractivity contribution is 5.31. The molecule has 2 rings (SSSR count). The summed E-state index contributed by atoms with van der Waals surface area (Å²) in [4.78, 5) is 0. The van der Waals surface area contributed by atoms with Gasteiger partial charge in [-0.25, -0.2) is 0 Å². The highest BCUT2D eigenvalue weighted by Crippen LogP contribution is 2.25. The number of ether oxygens (including phenoxy) is 1. The van der Waals surface area contributed by atoms with Crippen LogP contribution in [0.3, 0.4) is 0 Å². The normalized spacial score (nSPS) is 22.3. The van der Waals surface area contributed by atoms with Gasteiger partial charge in [0.05, 0.1) is 0 Å². The maximum atomic E-state index is 6.24. The van der Waals surface area contributed by atoms with E-state index in [4.69, 9.17) is 10.5 Å². The van der Waals surface area contributed by atoms with Crippen molar-refractivity contribution in [3.8, 4) is 0 Å². The van der Waals surface area contributed by atoms with Crippen molar-refractivity contribution in [1.82, 2.24) is 0 Å². The second-order valence-electron chi connectivity index (χ2n) is 4.92. The molecule has 0 bridgehead atoms. The van der Waals surface area contributed by atoms with Gasteiger partial charge < -0.3 is 10.5 Å². The molecule has 1 aromatic carbocycles. The third-order valence-corrected chi connectivity index (χ3v) is 3.57. The number of nitrogens with two attached hydrogens (primary N) is 1. The van der Waals surface area contributed by atoms with Crippen LogP contribution < -0.4 is 5.73 Å². The van der Waals surface area contributed by atoms with Gasteiger partial charge in [0.25, 0.3) is 0 Å². The van der Waals surface area contributed by atoms with Crippen LogP contribution in [-0.2, 0) is 4.74 Å². The Kier molecular flexibility index (Phi) is 3.62. The second-order valence-corrected chi connectivity index (χ2v) is 4.92. The zero-order valence-corrected chi connectivity index (χ0v) is 10.2. The summed E-state index contributed by atoms with van der Waals surface area (Å²) in [7, 11) is 0. The van der Waals surface area contributed by atoms with Gasteiger partial charge in [0.2, 0.25) is 0 Å². The van der Waals surface area contributed by atoms with E-state index in [0.29, 0.717) is 5.92 Å². The van der Waals surface area contributed by atoms with Crippen LogP contribution in [0.1, 0.15) is 35.6 Å². The lowest BCUT2D eigenvalue weighted by Gasteiger charge is -2.16. The zero-order valence-electron chi connectivity index (χ0n) is 10.2. The first-order valence-electron chi connectivity index (χ1n) is 6.07. The van der Waals surface area contributed by atoms with Crippen LogP contribution in [0.2, 0.25) is 0 Å². The minimum Gasteiger partial charge on any atom is -0.381 e. The van der Waals surface area contributed by atoms with Crippen LogP contribution in [0.25, 0.3) is 0 Å². The summed E-state index contributed by atoms with van der Waals surface area (Å²) in [5, 5.41) is 0. The Morgan fingerprint density at radius 1 is 1.38 bits per heavy atom. The molecule has 1 heterocycles. The number of aryl methyl sites for hydroxylation is 2. The molecule has 0 radical (unpaired) electrons. The molecule has 1 aliphatic heterocycles. The van der Waals surface area contributed by atoms with Crippen LogP contribution in [0, 0.1) is 19.8 Å². The maximum absolute atomic E-state index is 6.24. The van der Waals surface area contributed by atoms with Gasteiger partial charge in [0, 0.05) is 19.3 Å². The zero-order chi connectivity index (χ0) is 11.5. The fourth-order valence-corrected chi connectivity index (χ4v) is 2.26. The number of hydrogen-bond acceptors (Lipinski definition) is 2. The van der Waals surface area contributed by atoms with Gasteiger partial charge >= 0.3 is 0 Å². The minimum atomic E-state index is 0.158. The molecule has 0 amide bonds. The molecule has 16 heavy (non-hydrogen) atoms. The molecule has 1 saturated heterocycles. The summed E-state index contributed by atoms with van der Waals surface area (Å²) in [5.74, 6) is 0.650. The summed E-state index contributed by atoms with van der Waals surface area (Å²) >= 11 is 0. The molecule has 2 atom stereocenters. The average molecular weight is 219 g/mol. The molecule has 0 aliphatic carbocycles. The Morgan fingerprint density at radius 2 is 2.19 bits per heavy atom. The van der Waals surface area contributed by atoms with Crippen molar-refractivity contribution in [3.05, 3.63) is 34.9 Å². The van der Waals surface area contributed by atoms with Gasteiger partial charge in [-0.15, -0.1) is 0 Å². The van der Waals surface area contributed by atoms with E-state index in [9.17, 15) is 0 Å². The molecule has 2 unspecified atom stereocenters. The van der Waals surface area contributed by atoms with Gasteiger partial charge in [-0.1, -0.05) is 18.2 Å². The van der Waals surface area contributed by atoms with Crippen molar-refractivity contribution in [3.63, 3.8) is 0 Å². The van der Waals surface area contributed by atoms with E-state index in [1.807, 2.05) is 0 Å². The molecule has 2 nitrogen and oxygen atoms in total. The first kappa shape index (κ1) is 11.6. The predicted molar refractivity (Wildman–Crippen MR) is 66.4 cm³/mol. The minimum absolute atomic E-state index is 0.158. The quantitative estimate of drug-likeness (QED) is 0.848. The molecule has 2 heteroatoms. The fourth-order valence-electron chi connectivity index (χ4n) is 2.26. The topological polar surface area (TPSA) is 35.2 Å². The molecule has 1 fully saturated rings. The predicted octanol–water partition coefficient (Wildman–Crippen LogP) is 2.73. The van der Waals surface area contributed by atoms with Crippen molar-refractivity contribution < 1.29 is 4.74 Å². The lowest BCUT2D eigenvalue weighted by molar-refractivity contribution is 0.182. The van der Waals surface area contributed by atoms with Crippen molar-refractivity contribution in [2.24, 2.45) is 11.7 Å². The van der Waals surface area contributed by atoms with E-state index in [0.717, 1.165) is 19.6 Å². The molecule has 0 aromatic heterocycles. The average Bonchev–Trinajstić information content (AvgIpc) is 2.74. The van der Waals surface area contributed by atoms with Crippen LogP contribution in [0.4, 0.5) is 0 Å². The van der Waals surface area contributed by atoms with Crippen LogP contribution in [0.15, 0.2) is 18.2 Å². The highest BCUT2D eigenvalue weighted by Gasteiger charge is 2.19. The summed E-state index contributed by atoms with van der Waals surface area (Å²) in [6.45, 7) is 6.07. The van der Waals surface area contributed by atoms with Crippen LogP contribution in [0.5, 0.6) is 0 Å². The van der Waals surface area contributed by atoms with E-state index < -0.39 is 0 Å². The van der Waals surface area contributed by atoms with E-state index in [1.54, 1.807) is 0 Å². The number of rotatable bonds is 3. The largest absolute Gasteiger partial charge is 0.381 e. The number of hydrogen-bond donors (Lipinski definition) is 1. The molecule has 0 saturated carbocycles. The monoisotopic (exact) mass is 219 g/mol. The lowest BCUT2D eigenvalue weighted by atomic mass is 9.93. The molecule has 1 aliphatic rings. The summed E-state index contributed by atoms with van der Waals surface area (Å²) in [6, 6.07) is 6.69. The van der Waals surface area contributed by atoms with Crippen LogP contribution in [-0.4, -0.2) is 13.2 Å². The van der Waals surface area contributed by atoms with E-state index in [-0.39, 0.29) is 6.04 Å². The standard InChI is InChI=1S/C14H21NO/c1-10-3-4-13(7-11(10)2)14(15)8-12-5-6-16-9-12/h3-4,7,12,14H,5-6,8-9,15H2,1-2H3. The number of benzene rings is 1. The molecule has 2 N–H and O–H groups in total. The summed E-state index contributed by atoms with van der Waals surface area (Å²) in [5.41, 5.74) is 10.2. The smallest absolute Gasteiger partial charge is 0.0495 e. The molecular weight excluding hydrogens is 198 g/mol. The van der Waals surface area contributed by atoms with E-state index >= 15 is 0 Å². The van der Waals surface area contributed by atoms with Gasteiger partial charge in [-0.3, -0.25) is 0 Å². The first-order chi connectivity index (χ1) is 7.66. The van der Waals surface area contributed by atoms with Gasteiger partial charge in [-0.05, 0) is 49.3 Å². The van der Waals surface area contributed by atoms with E-state index in [2.05, 4.69) is 32.0 Å². The van der Waals surface area contributed by atoms with Crippen molar-refractivity contribution in [2.75, 3.05) is 13.2 Å². The SMILES string of the molecule is Cc1ccc(C(N)CC2CCOC2)cc1C. The van der Waals surface area contributed by atoms with Gasteiger partial charge in [0.1, 0.15) is 0 Å². The van der Waals surface area contributed by atoms with E-state index in [1.165, 1.54) is 23.1 Å². The Labute approximate surface area is 97.8 Å². The first-order valence-corrected chi connectivity index (χ1v) is 6.07. The Bertz CT molecular complexity index is 356. The molecule has 0 spiro atoms. The lowest BCUT2D eigenvalue weighted by Crippen LogP contribution is -2.15. The second kappa shape index (κ2) is 4.98. The third-order valence-electron chi connectivity index (χ3n) is 3.57. The Morgan fingerprint density at radius 3 is 2.81 bits per heavy atom. The highest BCUT2D eigenvalue weighted by atomic mass is 16.5. The van der Waals surface area contributed by atoms with Gasteiger partial charge in [-0.2, -0.15) is 0 Å². The van der Waals surface area contributed by atoms with Crippen molar-refractivity contribution >= 4 is 0 Å².